The van der Waals surface area contributed by atoms with Crippen LogP contribution in [-0.2, 0) is 23.9 Å². The zero-order valence-corrected chi connectivity index (χ0v) is 20.0. The van der Waals surface area contributed by atoms with E-state index in [9.17, 15) is 41.9 Å². The molecule has 2 heterocycles. The van der Waals surface area contributed by atoms with E-state index in [1.54, 1.807) is 0 Å². The molecule has 2 atom stereocenters. The monoisotopic (exact) mass is 542 g/mol. The number of piperidine rings is 1. The van der Waals surface area contributed by atoms with E-state index in [2.05, 4.69) is 10.1 Å². The highest BCUT2D eigenvalue weighted by Gasteiger charge is 2.47. The maximum atomic E-state index is 13.1. The Bertz CT molecular complexity index is 1140. The predicted octanol–water partition coefficient (Wildman–Crippen LogP) is 0.533. The van der Waals surface area contributed by atoms with Crippen molar-refractivity contribution in [1.82, 2.24) is 15.5 Å². The first kappa shape index (κ1) is 28.6. The van der Waals surface area contributed by atoms with Gasteiger partial charge in [-0.25, -0.2) is 4.79 Å². The van der Waals surface area contributed by atoms with E-state index < -0.39 is 65.3 Å². The molecule has 0 aliphatic carbocycles. The van der Waals surface area contributed by atoms with Crippen LogP contribution in [0.4, 0.5) is 13.2 Å². The summed E-state index contributed by atoms with van der Waals surface area (Å²) in [7, 11) is 0. The van der Waals surface area contributed by atoms with Gasteiger partial charge in [0.1, 0.15) is 11.8 Å². The van der Waals surface area contributed by atoms with E-state index in [1.807, 2.05) is 5.32 Å². The third kappa shape index (κ3) is 6.45. The Labute approximate surface area is 214 Å². The number of nitrogens with two attached hydrogens (primary N) is 1. The summed E-state index contributed by atoms with van der Waals surface area (Å²) in [5.41, 5.74) is 4.71. The molecule has 4 N–H and O–H groups in total. The highest BCUT2D eigenvalue weighted by Crippen LogP contribution is 2.34. The van der Waals surface area contributed by atoms with Crippen LogP contribution in [0.5, 0.6) is 5.75 Å². The van der Waals surface area contributed by atoms with Crippen molar-refractivity contribution in [3.05, 3.63) is 29.3 Å². The van der Waals surface area contributed by atoms with Crippen molar-refractivity contribution in [2.45, 2.75) is 57.0 Å². The Morgan fingerprint density at radius 1 is 1.11 bits per heavy atom. The highest BCUT2D eigenvalue weighted by atomic mass is 19.4. The van der Waals surface area contributed by atoms with E-state index >= 15 is 0 Å². The molecule has 2 aliphatic rings. The quantitative estimate of drug-likeness (QED) is 0.156. The molecule has 38 heavy (non-hydrogen) atoms. The molecule has 0 spiro atoms. The molecule has 0 radical (unpaired) electrons. The van der Waals surface area contributed by atoms with Gasteiger partial charge in [-0.05, 0) is 37.9 Å². The lowest BCUT2D eigenvalue weighted by Crippen LogP contribution is -2.54. The second kappa shape index (κ2) is 12.0. The highest BCUT2D eigenvalue weighted by molar-refractivity contribution is 6.24. The van der Waals surface area contributed by atoms with Crippen molar-refractivity contribution in [2.24, 2.45) is 5.73 Å². The molecule has 1 fully saturated rings. The van der Waals surface area contributed by atoms with Gasteiger partial charge in [0, 0.05) is 13.0 Å². The standard InChI is InChI=1S/C23H25F3N4O8/c24-23(25,26)22(36)38-21(18(33)28-11-4-2-1-3-10-27)37-14-7-5-6-12-16(14)20(35)30(19(12)34)13-8-9-15(31)29-17(13)32/h5-7,13,21H,1-4,8-11,27H2,(H,28,33)(H,29,31,32). The van der Waals surface area contributed by atoms with Crippen molar-refractivity contribution in [3.8, 4) is 5.75 Å². The van der Waals surface area contributed by atoms with Crippen molar-refractivity contribution in [2.75, 3.05) is 13.1 Å². The number of halogens is 3. The lowest BCUT2D eigenvalue weighted by Gasteiger charge is -2.27. The number of carbonyl (C=O) groups is 6. The number of carbonyl (C=O) groups excluding carboxylic acids is 6. The van der Waals surface area contributed by atoms with Gasteiger partial charge in [0.2, 0.25) is 11.8 Å². The average Bonchev–Trinajstić information content (AvgIpc) is 3.10. The van der Waals surface area contributed by atoms with Gasteiger partial charge in [-0.1, -0.05) is 18.9 Å². The summed E-state index contributed by atoms with van der Waals surface area (Å²) in [4.78, 5) is 74.4. The van der Waals surface area contributed by atoms with Gasteiger partial charge >= 0.3 is 24.3 Å². The fourth-order valence-corrected chi connectivity index (χ4v) is 3.91. The second-order valence-electron chi connectivity index (χ2n) is 8.47. The van der Waals surface area contributed by atoms with Gasteiger partial charge in [0.05, 0.1) is 11.1 Å². The Hall–Kier alpha value is -4.01. The molecule has 2 aliphatic heterocycles. The number of benzene rings is 1. The number of hydrogen-bond acceptors (Lipinski definition) is 9. The van der Waals surface area contributed by atoms with Crippen LogP contribution >= 0.6 is 0 Å². The Balaban J connectivity index is 1.82. The third-order valence-corrected chi connectivity index (χ3v) is 5.75. The number of nitrogens with zero attached hydrogens (tertiary/aromatic N) is 1. The number of alkyl halides is 3. The molecule has 1 saturated heterocycles. The Morgan fingerprint density at radius 3 is 2.47 bits per heavy atom. The molecule has 0 bridgehead atoms. The first-order chi connectivity index (χ1) is 18.0. The number of ether oxygens (including phenoxy) is 2. The van der Waals surface area contributed by atoms with Gasteiger partial charge in [0.15, 0.2) is 0 Å². The first-order valence-electron chi connectivity index (χ1n) is 11.7. The van der Waals surface area contributed by atoms with E-state index in [0.29, 0.717) is 24.3 Å². The molecule has 0 aromatic heterocycles. The molecular formula is C23H25F3N4O8. The normalized spacial score (nSPS) is 18.1. The number of fused-ring (bicyclic) bond motifs is 1. The zero-order valence-electron chi connectivity index (χ0n) is 20.0. The lowest BCUT2D eigenvalue weighted by molar-refractivity contribution is -0.216. The van der Waals surface area contributed by atoms with Crippen molar-refractivity contribution in [1.29, 1.82) is 0 Å². The summed E-state index contributed by atoms with van der Waals surface area (Å²) >= 11 is 0. The van der Waals surface area contributed by atoms with E-state index in [-0.39, 0.29) is 24.9 Å². The van der Waals surface area contributed by atoms with Gasteiger partial charge < -0.3 is 20.5 Å². The van der Waals surface area contributed by atoms with Crippen LogP contribution in [0.15, 0.2) is 18.2 Å². The van der Waals surface area contributed by atoms with E-state index in [1.165, 1.54) is 12.1 Å². The minimum atomic E-state index is -5.45. The fourth-order valence-electron chi connectivity index (χ4n) is 3.91. The molecule has 1 aromatic carbocycles. The minimum absolute atomic E-state index is 0.0282. The molecule has 206 valence electrons. The number of rotatable bonds is 11. The SMILES string of the molecule is NCCCCCCNC(=O)C(OC(=O)C(F)(F)F)Oc1cccc2c1C(=O)N(C1CCC(=O)NC1=O)C2=O. The van der Waals surface area contributed by atoms with E-state index in [4.69, 9.17) is 10.5 Å². The van der Waals surface area contributed by atoms with Crippen LogP contribution in [0.3, 0.4) is 0 Å². The third-order valence-electron chi connectivity index (χ3n) is 5.75. The Morgan fingerprint density at radius 2 is 1.82 bits per heavy atom. The van der Waals surface area contributed by atoms with Gasteiger partial charge in [-0.3, -0.25) is 34.2 Å². The van der Waals surface area contributed by atoms with Gasteiger partial charge in [-0.15, -0.1) is 0 Å². The van der Waals surface area contributed by atoms with Crippen molar-refractivity contribution < 1.29 is 51.4 Å². The molecule has 0 saturated carbocycles. The molecule has 2 unspecified atom stereocenters. The first-order valence-corrected chi connectivity index (χ1v) is 11.7. The van der Waals surface area contributed by atoms with Gasteiger partial charge in [-0.2, -0.15) is 13.2 Å². The molecule has 15 heteroatoms. The zero-order chi connectivity index (χ0) is 28.0. The Kier molecular flexibility index (Phi) is 9.04. The fraction of sp³-hybridized carbons (Fsp3) is 0.478. The van der Waals surface area contributed by atoms with Crippen LogP contribution in [-0.4, -0.2) is 72.0 Å². The van der Waals surface area contributed by atoms with Crippen molar-refractivity contribution >= 4 is 35.5 Å². The molecular weight excluding hydrogens is 517 g/mol. The lowest BCUT2D eigenvalue weighted by atomic mass is 10.0. The number of esters is 1. The largest absolute Gasteiger partial charge is 0.491 e. The number of imide groups is 2. The van der Waals surface area contributed by atoms with Crippen LogP contribution < -0.4 is 21.1 Å². The smallest absolute Gasteiger partial charge is 0.445 e. The molecule has 12 nitrogen and oxygen atoms in total. The number of hydrogen-bond donors (Lipinski definition) is 3. The van der Waals surface area contributed by atoms with Crippen LogP contribution in [0.2, 0.25) is 0 Å². The topological polar surface area (TPSA) is 174 Å². The summed E-state index contributed by atoms with van der Waals surface area (Å²) in [6, 6.07) is 2.22. The predicted molar refractivity (Wildman–Crippen MR) is 120 cm³/mol. The summed E-state index contributed by atoms with van der Waals surface area (Å²) in [6.45, 7) is 0.514. The number of nitrogens with one attached hydrogen (secondary N) is 2. The summed E-state index contributed by atoms with van der Waals surface area (Å²) < 4.78 is 48.1. The molecule has 1 aromatic rings. The minimum Gasteiger partial charge on any atom is -0.445 e. The van der Waals surface area contributed by atoms with Crippen LogP contribution in [0.1, 0.15) is 59.2 Å². The van der Waals surface area contributed by atoms with Gasteiger partial charge in [0.25, 0.3) is 11.8 Å². The molecule has 3 rings (SSSR count). The van der Waals surface area contributed by atoms with Crippen LogP contribution in [0, 0.1) is 0 Å². The number of unbranched alkanes of at least 4 members (excludes halogenated alkanes) is 3. The average molecular weight is 542 g/mol. The maximum Gasteiger partial charge on any atom is 0.491 e. The summed E-state index contributed by atoms with van der Waals surface area (Å²) in [5, 5.41) is 4.34. The molecule has 5 amide bonds. The maximum absolute atomic E-state index is 13.1. The van der Waals surface area contributed by atoms with E-state index in [0.717, 1.165) is 18.9 Å². The summed E-state index contributed by atoms with van der Waals surface area (Å²) in [6.07, 6.45) is -5.51. The number of amides is 5. The second-order valence-corrected chi connectivity index (χ2v) is 8.47. The van der Waals surface area contributed by atoms with Crippen LogP contribution in [0.25, 0.3) is 0 Å². The van der Waals surface area contributed by atoms with Crippen molar-refractivity contribution in [3.63, 3.8) is 0 Å². The summed E-state index contributed by atoms with van der Waals surface area (Å²) in [5.74, 6) is -7.84.